The summed E-state index contributed by atoms with van der Waals surface area (Å²) < 4.78 is 0. The molecule has 80 valence electrons. The van der Waals surface area contributed by atoms with Crippen LogP contribution in [0.15, 0.2) is 16.8 Å². The Morgan fingerprint density at radius 2 is 2.27 bits per heavy atom. The van der Waals surface area contributed by atoms with Crippen LogP contribution in [0.5, 0.6) is 0 Å². The molecule has 15 heavy (non-hydrogen) atoms. The molecule has 1 aliphatic rings. The predicted octanol–water partition coefficient (Wildman–Crippen LogP) is 2.11. The SMILES string of the molecule is O=C1CC(CCc2ccsc2)(C(=O)O)C1. The first-order valence-corrected chi connectivity index (χ1v) is 5.83. The number of rotatable bonds is 4. The summed E-state index contributed by atoms with van der Waals surface area (Å²) in [6, 6.07) is 2.00. The van der Waals surface area contributed by atoms with E-state index in [4.69, 9.17) is 5.11 Å². The van der Waals surface area contributed by atoms with Crippen molar-refractivity contribution >= 4 is 23.1 Å². The van der Waals surface area contributed by atoms with Gasteiger partial charge >= 0.3 is 5.97 Å². The van der Waals surface area contributed by atoms with Crippen molar-refractivity contribution in [2.75, 3.05) is 0 Å². The maximum Gasteiger partial charge on any atom is 0.310 e. The molecular weight excluding hydrogens is 212 g/mol. The highest BCUT2D eigenvalue weighted by atomic mass is 32.1. The lowest BCUT2D eigenvalue weighted by Gasteiger charge is -2.36. The zero-order chi connectivity index (χ0) is 10.9. The van der Waals surface area contributed by atoms with Crippen molar-refractivity contribution in [2.24, 2.45) is 5.41 Å². The van der Waals surface area contributed by atoms with Gasteiger partial charge in [-0.05, 0) is 35.2 Å². The molecule has 1 fully saturated rings. The third-order valence-corrected chi connectivity index (χ3v) is 3.73. The summed E-state index contributed by atoms with van der Waals surface area (Å²) in [5, 5.41) is 13.1. The Balaban J connectivity index is 1.97. The molecule has 0 atom stereocenters. The Morgan fingerprint density at radius 1 is 1.53 bits per heavy atom. The van der Waals surface area contributed by atoms with E-state index in [1.54, 1.807) is 11.3 Å². The molecule has 4 heteroatoms. The maximum absolute atomic E-state index is 11.1. The third-order valence-electron chi connectivity index (χ3n) is 3.00. The second kappa shape index (κ2) is 3.77. The summed E-state index contributed by atoms with van der Waals surface area (Å²) in [7, 11) is 0. The Labute approximate surface area is 91.7 Å². The van der Waals surface area contributed by atoms with Crippen LogP contribution in [0.4, 0.5) is 0 Å². The molecule has 0 spiro atoms. The van der Waals surface area contributed by atoms with Gasteiger partial charge < -0.3 is 5.11 Å². The van der Waals surface area contributed by atoms with Crippen LogP contribution in [-0.4, -0.2) is 16.9 Å². The van der Waals surface area contributed by atoms with E-state index in [0.29, 0.717) is 6.42 Å². The van der Waals surface area contributed by atoms with Crippen LogP contribution in [0.1, 0.15) is 24.8 Å². The second-order valence-electron chi connectivity index (χ2n) is 4.11. The molecule has 1 heterocycles. The Kier molecular flexibility index (Phi) is 2.61. The molecule has 1 aromatic heterocycles. The summed E-state index contributed by atoms with van der Waals surface area (Å²) >= 11 is 1.61. The minimum absolute atomic E-state index is 0.0720. The summed E-state index contributed by atoms with van der Waals surface area (Å²) in [5.74, 6) is -0.750. The zero-order valence-electron chi connectivity index (χ0n) is 8.23. The molecule has 1 aromatic rings. The maximum atomic E-state index is 11.1. The van der Waals surface area contributed by atoms with E-state index in [0.717, 1.165) is 6.42 Å². The molecular formula is C11H12O3S. The topological polar surface area (TPSA) is 54.4 Å². The molecule has 0 aliphatic heterocycles. The average molecular weight is 224 g/mol. The lowest BCUT2D eigenvalue weighted by Crippen LogP contribution is -2.44. The minimum Gasteiger partial charge on any atom is -0.481 e. The van der Waals surface area contributed by atoms with Crippen LogP contribution in [0, 0.1) is 5.41 Å². The van der Waals surface area contributed by atoms with E-state index < -0.39 is 11.4 Å². The van der Waals surface area contributed by atoms with Gasteiger partial charge in [-0.25, -0.2) is 0 Å². The van der Waals surface area contributed by atoms with Gasteiger partial charge in [0.25, 0.3) is 0 Å². The average Bonchev–Trinajstić information content (AvgIpc) is 2.62. The smallest absolute Gasteiger partial charge is 0.310 e. The third kappa shape index (κ3) is 1.95. The summed E-state index contributed by atoms with van der Waals surface area (Å²) in [4.78, 5) is 22.0. The molecule has 0 bridgehead atoms. The Morgan fingerprint density at radius 3 is 2.73 bits per heavy atom. The van der Waals surface area contributed by atoms with Crippen LogP contribution in [-0.2, 0) is 16.0 Å². The lowest BCUT2D eigenvalue weighted by molar-refractivity contribution is -0.161. The normalized spacial score (nSPS) is 18.5. The quantitative estimate of drug-likeness (QED) is 0.852. The van der Waals surface area contributed by atoms with Crippen molar-refractivity contribution in [3.63, 3.8) is 0 Å². The fourth-order valence-electron chi connectivity index (χ4n) is 1.96. The van der Waals surface area contributed by atoms with E-state index in [9.17, 15) is 9.59 Å². The van der Waals surface area contributed by atoms with Gasteiger partial charge in [0.2, 0.25) is 0 Å². The van der Waals surface area contributed by atoms with Crippen LogP contribution >= 0.6 is 11.3 Å². The van der Waals surface area contributed by atoms with Crippen LogP contribution in [0.25, 0.3) is 0 Å². The molecule has 0 amide bonds. The molecule has 1 saturated carbocycles. The van der Waals surface area contributed by atoms with Crippen molar-refractivity contribution in [3.8, 4) is 0 Å². The van der Waals surface area contributed by atoms with Gasteiger partial charge in [-0.2, -0.15) is 11.3 Å². The number of ketones is 1. The number of hydrogen-bond acceptors (Lipinski definition) is 3. The van der Waals surface area contributed by atoms with Gasteiger partial charge in [0.1, 0.15) is 5.78 Å². The van der Waals surface area contributed by atoms with Crippen LogP contribution < -0.4 is 0 Å². The van der Waals surface area contributed by atoms with Gasteiger partial charge in [-0.15, -0.1) is 0 Å². The fourth-order valence-corrected chi connectivity index (χ4v) is 2.66. The summed E-state index contributed by atoms with van der Waals surface area (Å²) in [6.45, 7) is 0. The highest BCUT2D eigenvalue weighted by Gasteiger charge is 2.49. The largest absolute Gasteiger partial charge is 0.481 e. The molecule has 0 saturated heterocycles. The van der Waals surface area contributed by atoms with Gasteiger partial charge in [0.05, 0.1) is 5.41 Å². The first-order valence-electron chi connectivity index (χ1n) is 4.89. The van der Waals surface area contributed by atoms with E-state index in [1.165, 1.54) is 5.56 Å². The number of carboxylic acids is 1. The summed E-state index contributed by atoms with van der Waals surface area (Å²) in [5.41, 5.74) is 0.402. The van der Waals surface area contributed by atoms with Gasteiger partial charge in [-0.3, -0.25) is 9.59 Å². The van der Waals surface area contributed by atoms with E-state index in [1.807, 2.05) is 16.8 Å². The van der Waals surface area contributed by atoms with Crippen LogP contribution in [0.3, 0.4) is 0 Å². The second-order valence-corrected chi connectivity index (χ2v) is 4.89. The molecule has 1 N–H and O–H groups in total. The predicted molar refractivity (Wildman–Crippen MR) is 56.9 cm³/mol. The number of aryl methyl sites for hydroxylation is 1. The van der Waals surface area contributed by atoms with Gasteiger partial charge in [0.15, 0.2) is 0 Å². The molecule has 2 rings (SSSR count). The number of thiophene rings is 1. The molecule has 3 nitrogen and oxygen atoms in total. The number of Topliss-reactive ketones (excluding diaryl/α,β-unsaturated/α-hetero) is 1. The number of aliphatic carboxylic acids is 1. The number of carbonyl (C=O) groups is 2. The van der Waals surface area contributed by atoms with Gasteiger partial charge in [0, 0.05) is 12.8 Å². The number of carbonyl (C=O) groups excluding carboxylic acids is 1. The standard InChI is InChI=1S/C11H12O3S/c12-9-5-11(6-9,10(13)14)3-1-8-2-4-15-7-8/h2,4,7H,1,3,5-6H2,(H,13,14). The van der Waals surface area contributed by atoms with E-state index in [2.05, 4.69) is 0 Å². The minimum atomic E-state index is -0.822. The van der Waals surface area contributed by atoms with Crippen molar-refractivity contribution in [1.82, 2.24) is 0 Å². The number of hydrogen-bond donors (Lipinski definition) is 1. The Bertz CT molecular complexity index is 373. The van der Waals surface area contributed by atoms with Crippen molar-refractivity contribution in [3.05, 3.63) is 22.4 Å². The fraction of sp³-hybridized carbons (Fsp3) is 0.455. The monoisotopic (exact) mass is 224 g/mol. The molecule has 1 aliphatic carbocycles. The molecule has 0 radical (unpaired) electrons. The van der Waals surface area contributed by atoms with Crippen molar-refractivity contribution in [2.45, 2.75) is 25.7 Å². The highest BCUT2D eigenvalue weighted by molar-refractivity contribution is 7.07. The van der Waals surface area contributed by atoms with Crippen LogP contribution in [0.2, 0.25) is 0 Å². The number of carboxylic acid groups (broad SMARTS) is 1. The van der Waals surface area contributed by atoms with E-state index in [-0.39, 0.29) is 18.6 Å². The summed E-state index contributed by atoms with van der Waals surface area (Å²) in [6.07, 6.45) is 1.76. The Hall–Kier alpha value is -1.16. The van der Waals surface area contributed by atoms with Gasteiger partial charge in [-0.1, -0.05) is 0 Å². The van der Waals surface area contributed by atoms with E-state index >= 15 is 0 Å². The zero-order valence-corrected chi connectivity index (χ0v) is 9.05. The first kappa shape index (κ1) is 10.4. The molecule has 0 aromatic carbocycles. The lowest BCUT2D eigenvalue weighted by atomic mass is 9.65. The molecule has 0 unspecified atom stereocenters. The first-order chi connectivity index (χ1) is 7.12. The highest BCUT2D eigenvalue weighted by Crippen LogP contribution is 2.42. The van der Waals surface area contributed by atoms with Crippen molar-refractivity contribution in [1.29, 1.82) is 0 Å². The van der Waals surface area contributed by atoms with Crippen molar-refractivity contribution < 1.29 is 14.7 Å².